The maximum atomic E-state index is 11.9. The number of anilines is 2. The number of hydrogen-bond acceptors (Lipinski definition) is 3. The van der Waals surface area contributed by atoms with Gasteiger partial charge in [0.05, 0.1) is 17.2 Å². The first-order chi connectivity index (χ1) is 10.6. The Balaban J connectivity index is 1.81. The fraction of sp³-hybridized carbons (Fsp3) is 0.188. The lowest BCUT2D eigenvalue weighted by molar-refractivity contribution is -0.115. The van der Waals surface area contributed by atoms with E-state index in [1.807, 2.05) is 24.3 Å². The standard InChI is InChI=1S/C16H16Cl2N2O2/c1-22-13-4-2-3-11(9-13)19-8-7-16(21)20-12-5-6-14(17)15(18)10-12/h2-6,9-10,19H,7-8H2,1H3,(H,20,21). The van der Waals surface area contributed by atoms with Crippen molar-refractivity contribution in [2.45, 2.75) is 6.42 Å². The second kappa shape index (κ2) is 7.92. The number of halogens is 2. The highest BCUT2D eigenvalue weighted by molar-refractivity contribution is 6.42. The summed E-state index contributed by atoms with van der Waals surface area (Å²) in [6.45, 7) is 0.514. The zero-order valence-corrected chi connectivity index (χ0v) is 13.5. The summed E-state index contributed by atoms with van der Waals surface area (Å²) in [5.41, 5.74) is 1.53. The summed E-state index contributed by atoms with van der Waals surface area (Å²) in [5, 5.41) is 6.81. The van der Waals surface area contributed by atoms with E-state index in [0.717, 1.165) is 11.4 Å². The van der Waals surface area contributed by atoms with E-state index in [9.17, 15) is 4.79 Å². The lowest BCUT2D eigenvalue weighted by Crippen LogP contribution is -2.16. The quantitative estimate of drug-likeness (QED) is 0.818. The number of ether oxygens (including phenoxy) is 1. The molecule has 6 heteroatoms. The molecule has 0 fully saturated rings. The third-order valence-electron chi connectivity index (χ3n) is 2.95. The second-order valence-electron chi connectivity index (χ2n) is 4.59. The second-order valence-corrected chi connectivity index (χ2v) is 5.40. The lowest BCUT2D eigenvalue weighted by atomic mass is 10.2. The Labute approximate surface area is 139 Å². The normalized spacial score (nSPS) is 10.1. The van der Waals surface area contributed by atoms with Crippen LogP contribution in [0.25, 0.3) is 0 Å². The summed E-state index contributed by atoms with van der Waals surface area (Å²) in [5.74, 6) is 0.666. The van der Waals surface area contributed by atoms with Gasteiger partial charge < -0.3 is 15.4 Å². The molecule has 2 aromatic rings. The van der Waals surface area contributed by atoms with Gasteiger partial charge >= 0.3 is 0 Å². The Hall–Kier alpha value is -1.91. The van der Waals surface area contributed by atoms with E-state index in [4.69, 9.17) is 27.9 Å². The number of benzene rings is 2. The molecule has 4 nitrogen and oxygen atoms in total. The first-order valence-corrected chi connectivity index (χ1v) is 7.47. The summed E-state index contributed by atoms with van der Waals surface area (Å²) in [6, 6.07) is 12.5. The smallest absolute Gasteiger partial charge is 0.226 e. The molecule has 0 saturated carbocycles. The van der Waals surface area contributed by atoms with Crippen molar-refractivity contribution in [3.63, 3.8) is 0 Å². The number of methoxy groups -OCH3 is 1. The Bertz CT molecular complexity index is 662. The Morgan fingerprint density at radius 3 is 2.64 bits per heavy atom. The van der Waals surface area contributed by atoms with Crippen LogP contribution in [-0.2, 0) is 4.79 Å². The van der Waals surface area contributed by atoms with Crippen molar-refractivity contribution in [3.8, 4) is 5.75 Å². The summed E-state index contributed by atoms with van der Waals surface area (Å²) in [7, 11) is 1.61. The van der Waals surface area contributed by atoms with Gasteiger partial charge in [-0.15, -0.1) is 0 Å². The average Bonchev–Trinajstić information content (AvgIpc) is 2.51. The fourth-order valence-electron chi connectivity index (χ4n) is 1.85. The van der Waals surface area contributed by atoms with Gasteiger partial charge in [-0.3, -0.25) is 4.79 Å². The van der Waals surface area contributed by atoms with Gasteiger partial charge in [0.25, 0.3) is 0 Å². The van der Waals surface area contributed by atoms with Gasteiger partial charge in [-0.2, -0.15) is 0 Å². The van der Waals surface area contributed by atoms with Crippen molar-refractivity contribution in [1.82, 2.24) is 0 Å². The van der Waals surface area contributed by atoms with Crippen molar-refractivity contribution in [1.29, 1.82) is 0 Å². The monoisotopic (exact) mass is 338 g/mol. The Morgan fingerprint density at radius 2 is 1.91 bits per heavy atom. The summed E-state index contributed by atoms with van der Waals surface area (Å²) in [6.07, 6.45) is 0.331. The van der Waals surface area contributed by atoms with E-state index < -0.39 is 0 Å². The van der Waals surface area contributed by atoms with Gasteiger partial charge in [0.15, 0.2) is 0 Å². The van der Waals surface area contributed by atoms with Gasteiger partial charge in [-0.25, -0.2) is 0 Å². The highest BCUT2D eigenvalue weighted by Gasteiger charge is 2.05. The van der Waals surface area contributed by atoms with Crippen molar-refractivity contribution in [3.05, 3.63) is 52.5 Å². The number of rotatable bonds is 6. The first kappa shape index (κ1) is 16.5. The topological polar surface area (TPSA) is 50.4 Å². The molecule has 0 atom stereocenters. The molecule has 0 aliphatic carbocycles. The molecular weight excluding hydrogens is 323 g/mol. The van der Waals surface area contributed by atoms with Gasteiger partial charge in [-0.1, -0.05) is 29.3 Å². The van der Waals surface area contributed by atoms with Gasteiger partial charge in [0.2, 0.25) is 5.91 Å². The predicted octanol–water partition coefficient (Wildman–Crippen LogP) is 4.44. The largest absolute Gasteiger partial charge is 0.497 e. The number of nitrogens with one attached hydrogen (secondary N) is 2. The van der Waals surface area contributed by atoms with Crippen molar-refractivity contribution < 1.29 is 9.53 Å². The molecule has 0 aromatic heterocycles. The molecule has 0 bridgehead atoms. The molecule has 116 valence electrons. The molecular formula is C16H16Cl2N2O2. The molecule has 0 unspecified atom stereocenters. The average molecular weight is 339 g/mol. The lowest BCUT2D eigenvalue weighted by Gasteiger charge is -2.09. The van der Waals surface area contributed by atoms with E-state index in [2.05, 4.69) is 10.6 Å². The van der Waals surface area contributed by atoms with E-state index >= 15 is 0 Å². The maximum Gasteiger partial charge on any atom is 0.226 e. The summed E-state index contributed by atoms with van der Waals surface area (Å²) in [4.78, 5) is 11.9. The van der Waals surface area contributed by atoms with Crippen LogP contribution in [0.3, 0.4) is 0 Å². The molecule has 0 saturated heterocycles. The van der Waals surface area contributed by atoms with Crippen LogP contribution in [0.15, 0.2) is 42.5 Å². The molecule has 2 N–H and O–H groups in total. The third-order valence-corrected chi connectivity index (χ3v) is 3.69. The zero-order chi connectivity index (χ0) is 15.9. The SMILES string of the molecule is COc1cccc(NCCC(=O)Nc2ccc(Cl)c(Cl)c2)c1. The van der Waals surface area contributed by atoms with Crippen LogP contribution in [0.1, 0.15) is 6.42 Å². The van der Waals surface area contributed by atoms with Crippen LogP contribution < -0.4 is 15.4 Å². The molecule has 22 heavy (non-hydrogen) atoms. The van der Waals surface area contributed by atoms with Crippen LogP contribution in [0, 0.1) is 0 Å². The van der Waals surface area contributed by atoms with E-state index in [0.29, 0.717) is 28.7 Å². The number of amides is 1. The summed E-state index contributed by atoms with van der Waals surface area (Å²) >= 11 is 11.7. The van der Waals surface area contributed by atoms with Crippen LogP contribution in [0.4, 0.5) is 11.4 Å². The molecule has 0 spiro atoms. The first-order valence-electron chi connectivity index (χ1n) is 6.71. The minimum Gasteiger partial charge on any atom is -0.497 e. The van der Waals surface area contributed by atoms with E-state index in [-0.39, 0.29) is 5.91 Å². The Kier molecular flexibility index (Phi) is 5.92. The molecule has 1 amide bonds. The zero-order valence-electron chi connectivity index (χ0n) is 12.0. The van der Waals surface area contributed by atoms with Crippen LogP contribution in [0.2, 0.25) is 10.0 Å². The minimum absolute atomic E-state index is 0.103. The molecule has 0 radical (unpaired) electrons. The number of carbonyl (C=O) groups excluding carboxylic acids is 1. The summed E-state index contributed by atoms with van der Waals surface area (Å²) < 4.78 is 5.14. The van der Waals surface area contributed by atoms with E-state index in [1.54, 1.807) is 25.3 Å². The van der Waals surface area contributed by atoms with Crippen molar-refractivity contribution in [2.24, 2.45) is 0 Å². The van der Waals surface area contributed by atoms with Crippen molar-refractivity contribution >= 4 is 40.5 Å². The Morgan fingerprint density at radius 1 is 1.09 bits per heavy atom. The van der Waals surface area contributed by atoms with E-state index in [1.165, 1.54) is 0 Å². The maximum absolute atomic E-state index is 11.9. The van der Waals surface area contributed by atoms with Gasteiger partial charge in [0.1, 0.15) is 5.75 Å². The van der Waals surface area contributed by atoms with Crippen LogP contribution >= 0.6 is 23.2 Å². The minimum atomic E-state index is -0.103. The number of carbonyl (C=O) groups is 1. The predicted molar refractivity (Wildman–Crippen MR) is 91.2 cm³/mol. The van der Waals surface area contributed by atoms with Crippen LogP contribution in [-0.4, -0.2) is 19.6 Å². The molecule has 0 aliphatic heterocycles. The van der Waals surface area contributed by atoms with Gasteiger partial charge in [-0.05, 0) is 30.3 Å². The highest BCUT2D eigenvalue weighted by Crippen LogP contribution is 2.25. The molecule has 2 rings (SSSR count). The van der Waals surface area contributed by atoms with Crippen LogP contribution in [0.5, 0.6) is 5.75 Å². The molecule has 0 heterocycles. The highest BCUT2D eigenvalue weighted by atomic mass is 35.5. The number of hydrogen-bond donors (Lipinski definition) is 2. The van der Waals surface area contributed by atoms with Crippen molar-refractivity contribution in [2.75, 3.05) is 24.3 Å². The fourth-order valence-corrected chi connectivity index (χ4v) is 2.15. The van der Waals surface area contributed by atoms with Gasteiger partial charge in [0, 0.05) is 30.4 Å². The third kappa shape index (κ3) is 4.83. The molecule has 2 aromatic carbocycles. The molecule has 0 aliphatic rings.